The number of halogens is 1. The number of rotatable bonds is 7. The first-order chi connectivity index (χ1) is 13.0. The molecule has 0 saturated heterocycles. The van der Waals surface area contributed by atoms with Crippen molar-refractivity contribution in [3.05, 3.63) is 53.3 Å². The van der Waals surface area contributed by atoms with Crippen molar-refractivity contribution >= 4 is 39.9 Å². The van der Waals surface area contributed by atoms with Crippen molar-refractivity contribution in [3.8, 4) is 0 Å². The van der Waals surface area contributed by atoms with Crippen molar-refractivity contribution in [1.29, 1.82) is 0 Å². The smallest absolute Gasteiger partial charge is 0.272 e. The third-order valence-electron chi connectivity index (χ3n) is 4.44. The van der Waals surface area contributed by atoms with E-state index >= 15 is 0 Å². The number of carbonyl (C=O) groups is 1. The minimum atomic E-state index is -0.175. The molecule has 27 heavy (non-hydrogen) atoms. The number of benzene rings is 1. The van der Waals surface area contributed by atoms with Gasteiger partial charge in [0.25, 0.3) is 5.91 Å². The molecule has 142 valence electrons. The summed E-state index contributed by atoms with van der Waals surface area (Å²) in [6.07, 6.45) is 1.66. The average molecular weight is 387 g/mol. The number of hydrogen-bond acceptors (Lipinski definition) is 4. The monoisotopic (exact) mass is 386 g/mol. The zero-order valence-electron chi connectivity index (χ0n) is 15.7. The molecule has 7 heteroatoms. The molecule has 0 aliphatic carbocycles. The predicted octanol–water partition coefficient (Wildman–Crippen LogP) is 4.04. The number of nitrogens with zero attached hydrogens (tertiary/aromatic N) is 3. The largest absolute Gasteiger partial charge is 0.383 e. The van der Waals surface area contributed by atoms with E-state index in [-0.39, 0.29) is 5.91 Å². The minimum absolute atomic E-state index is 0.175. The van der Waals surface area contributed by atoms with Crippen LogP contribution in [0.1, 0.15) is 17.4 Å². The molecule has 1 aromatic carbocycles. The van der Waals surface area contributed by atoms with Crippen molar-refractivity contribution < 1.29 is 9.53 Å². The van der Waals surface area contributed by atoms with Gasteiger partial charge in [-0.3, -0.25) is 4.79 Å². The summed E-state index contributed by atoms with van der Waals surface area (Å²) >= 11 is 6.07. The van der Waals surface area contributed by atoms with Crippen molar-refractivity contribution in [2.75, 3.05) is 37.5 Å². The highest BCUT2D eigenvalue weighted by molar-refractivity contribution is 6.31. The normalized spacial score (nSPS) is 11.0. The third kappa shape index (κ3) is 4.23. The lowest BCUT2D eigenvalue weighted by Crippen LogP contribution is -2.23. The molecule has 0 radical (unpaired) electrons. The molecule has 3 aromatic rings. The van der Waals surface area contributed by atoms with Crippen LogP contribution in [0.5, 0.6) is 0 Å². The Morgan fingerprint density at radius 3 is 2.78 bits per heavy atom. The number of carbonyl (C=O) groups excluding carboxylic acids is 1. The first-order valence-electron chi connectivity index (χ1n) is 8.79. The van der Waals surface area contributed by atoms with Gasteiger partial charge in [-0.2, -0.15) is 0 Å². The Morgan fingerprint density at radius 2 is 2.11 bits per heavy atom. The highest BCUT2D eigenvalue weighted by Crippen LogP contribution is 2.24. The van der Waals surface area contributed by atoms with Gasteiger partial charge >= 0.3 is 0 Å². The topological polar surface area (TPSA) is 59.4 Å². The number of methoxy groups -OCH3 is 1. The number of likely N-dealkylation sites (N-methyl/N-ethyl adjacent to an activating group) is 1. The second-order valence-electron chi connectivity index (χ2n) is 6.25. The summed E-state index contributed by atoms with van der Waals surface area (Å²) in [6.45, 7) is 4.07. The van der Waals surface area contributed by atoms with E-state index < -0.39 is 0 Å². The molecule has 1 N–H and O–H groups in total. The molecular weight excluding hydrogens is 364 g/mol. The van der Waals surface area contributed by atoms with Gasteiger partial charge in [-0.15, -0.1) is 0 Å². The predicted molar refractivity (Wildman–Crippen MR) is 110 cm³/mol. The Bertz CT molecular complexity index is 937. The lowest BCUT2D eigenvalue weighted by Gasteiger charge is -2.17. The molecule has 0 fully saturated rings. The van der Waals surface area contributed by atoms with Crippen molar-refractivity contribution in [1.82, 2.24) is 9.55 Å². The highest BCUT2D eigenvalue weighted by atomic mass is 35.5. The Morgan fingerprint density at radius 1 is 1.30 bits per heavy atom. The number of hydrogen-bond donors (Lipinski definition) is 1. The van der Waals surface area contributed by atoms with Gasteiger partial charge in [0, 0.05) is 43.2 Å². The zero-order valence-corrected chi connectivity index (χ0v) is 16.5. The van der Waals surface area contributed by atoms with Gasteiger partial charge in [-0.25, -0.2) is 4.98 Å². The molecule has 2 aromatic heterocycles. The molecule has 2 heterocycles. The number of ether oxygens (including phenoxy) is 1. The summed E-state index contributed by atoms with van der Waals surface area (Å²) in [4.78, 5) is 19.2. The zero-order chi connectivity index (χ0) is 19.4. The van der Waals surface area contributed by atoms with Crippen LogP contribution in [0.3, 0.4) is 0 Å². The van der Waals surface area contributed by atoms with E-state index in [2.05, 4.69) is 10.3 Å². The molecule has 0 bridgehead atoms. The van der Waals surface area contributed by atoms with Gasteiger partial charge in [-0.1, -0.05) is 11.6 Å². The molecule has 0 atom stereocenters. The standard InChI is InChI=1S/C20H23ClN4O2/c1-4-25-17-7-5-15(21)11-14(17)12-18(25)20(26)23-16-6-8-19(22-13-16)24(2)9-10-27-3/h5-8,11-13H,4,9-10H2,1-3H3,(H,23,26). The van der Waals surface area contributed by atoms with Crippen LogP contribution in [0.15, 0.2) is 42.6 Å². The Labute approximate surface area is 163 Å². The van der Waals surface area contributed by atoms with Crippen LogP contribution in [0, 0.1) is 0 Å². The van der Waals surface area contributed by atoms with Gasteiger partial charge in [0.1, 0.15) is 11.5 Å². The highest BCUT2D eigenvalue weighted by Gasteiger charge is 2.15. The Hall–Kier alpha value is -2.57. The van der Waals surface area contributed by atoms with Crippen molar-refractivity contribution in [2.24, 2.45) is 0 Å². The summed E-state index contributed by atoms with van der Waals surface area (Å²) in [7, 11) is 3.62. The van der Waals surface area contributed by atoms with Crippen LogP contribution in [-0.2, 0) is 11.3 Å². The fourth-order valence-electron chi connectivity index (χ4n) is 2.99. The fourth-order valence-corrected chi connectivity index (χ4v) is 3.17. The van der Waals surface area contributed by atoms with Crippen LogP contribution in [0.4, 0.5) is 11.5 Å². The van der Waals surface area contributed by atoms with Crippen LogP contribution >= 0.6 is 11.6 Å². The maximum Gasteiger partial charge on any atom is 0.272 e. The van der Waals surface area contributed by atoms with Crippen LogP contribution < -0.4 is 10.2 Å². The van der Waals surface area contributed by atoms with E-state index in [0.717, 1.165) is 23.3 Å². The number of aromatic nitrogens is 2. The third-order valence-corrected chi connectivity index (χ3v) is 4.68. The van der Waals surface area contributed by atoms with E-state index in [1.165, 1.54) is 0 Å². The van der Waals surface area contributed by atoms with Crippen LogP contribution in [-0.4, -0.2) is 42.8 Å². The first kappa shape index (κ1) is 19.2. The summed E-state index contributed by atoms with van der Waals surface area (Å²) in [5, 5.41) is 4.52. The summed E-state index contributed by atoms with van der Waals surface area (Å²) in [6, 6.07) is 11.2. The quantitative estimate of drug-likeness (QED) is 0.665. The maximum absolute atomic E-state index is 12.8. The molecule has 1 amide bonds. The van der Waals surface area contributed by atoms with E-state index in [9.17, 15) is 4.79 Å². The molecule has 0 aliphatic heterocycles. The van der Waals surface area contributed by atoms with E-state index in [1.54, 1.807) is 13.3 Å². The Kier molecular flexibility index (Phi) is 5.98. The van der Waals surface area contributed by atoms with E-state index in [0.29, 0.717) is 29.6 Å². The Balaban J connectivity index is 1.78. The average Bonchev–Trinajstić information content (AvgIpc) is 3.04. The van der Waals surface area contributed by atoms with E-state index in [1.807, 2.05) is 59.8 Å². The second-order valence-corrected chi connectivity index (χ2v) is 6.69. The number of aryl methyl sites for hydroxylation is 1. The molecule has 0 aliphatic rings. The number of fused-ring (bicyclic) bond motifs is 1. The van der Waals surface area contributed by atoms with Gasteiger partial charge in [0.2, 0.25) is 0 Å². The number of pyridine rings is 1. The molecule has 3 rings (SSSR count). The SMILES string of the molecule is CCn1c(C(=O)Nc2ccc(N(C)CCOC)nc2)cc2cc(Cl)ccc21. The van der Waals surface area contributed by atoms with Gasteiger partial charge < -0.3 is 19.5 Å². The number of anilines is 2. The maximum atomic E-state index is 12.8. The van der Waals surface area contributed by atoms with Gasteiger partial charge in [-0.05, 0) is 43.3 Å². The lowest BCUT2D eigenvalue weighted by atomic mass is 10.2. The number of nitrogens with one attached hydrogen (secondary N) is 1. The van der Waals surface area contributed by atoms with Crippen molar-refractivity contribution in [2.45, 2.75) is 13.5 Å². The number of amides is 1. The molecule has 0 unspecified atom stereocenters. The summed E-state index contributed by atoms with van der Waals surface area (Å²) in [5.41, 5.74) is 2.23. The van der Waals surface area contributed by atoms with Crippen LogP contribution in [0.25, 0.3) is 10.9 Å². The second kappa shape index (κ2) is 8.41. The fraction of sp³-hybridized carbons (Fsp3) is 0.300. The van der Waals surface area contributed by atoms with E-state index in [4.69, 9.17) is 16.3 Å². The van der Waals surface area contributed by atoms with Gasteiger partial charge in [0.05, 0.1) is 18.5 Å². The molecule has 0 spiro atoms. The minimum Gasteiger partial charge on any atom is -0.383 e. The first-order valence-corrected chi connectivity index (χ1v) is 9.17. The summed E-state index contributed by atoms with van der Waals surface area (Å²) < 4.78 is 7.05. The molecular formula is C20H23ClN4O2. The van der Waals surface area contributed by atoms with Crippen LogP contribution in [0.2, 0.25) is 5.02 Å². The summed E-state index contributed by atoms with van der Waals surface area (Å²) in [5.74, 6) is 0.647. The molecule has 6 nitrogen and oxygen atoms in total. The molecule has 0 saturated carbocycles. The van der Waals surface area contributed by atoms with Gasteiger partial charge in [0.15, 0.2) is 0 Å². The lowest BCUT2D eigenvalue weighted by molar-refractivity contribution is 0.101. The van der Waals surface area contributed by atoms with Crippen molar-refractivity contribution in [3.63, 3.8) is 0 Å².